The van der Waals surface area contributed by atoms with E-state index in [1.807, 2.05) is 55.5 Å². The molecule has 0 radical (unpaired) electrons. The number of amides is 1. The van der Waals surface area contributed by atoms with Gasteiger partial charge in [-0.2, -0.15) is 10.2 Å². The van der Waals surface area contributed by atoms with E-state index in [9.17, 15) is 4.79 Å². The van der Waals surface area contributed by atoms with Crippen LogP contribution >= 0.6 is 0 Å². The van der Waals surface area contributed by atoms with Crippen LogP contribution in [0.25, 0.3) is 0 Å². The predicted octanol–water partition coefficient (Wildman–Crippen LogP) is 3.00. The average Bonchev–Trinajstić information content (AvgIpc) is 2.63. The molecule has 1 atom stereocenters. The number of rotatable bonds is 5. The van der Waals surface area contributed by atoms with Crippen LogP contribution in [-0.4, -0.2) is 24.9 Å². The summed E-state index contributed by atoms with van der Waals surface area (Å²) in [6.07, 6.45) is 2.21. The molecule has 0 aromatic heterocycles. The van der Waals surface area contributed by atoms with Gasteiger partial charge in [0.05, 0.1) is 24.7 Å². The van der Waals surface area contributed by atoms with E-state index in [1.54, 1.807) is 13.3 Å². The summed E-state index contributed by atoms with van der Waals surface area (Å²) >= 11 is 0. The first-order valence-electron chi connectivity index (χ1n) is 8.05. The highest BCUT2D eigenvalue weighted by atomic mass is 16.5. The molecule has 0 saturated heterocycles. The van der Waals surface area contributed by atoms with E-state index >= 15 is 0 Å². The Labute approximate surface area is 146 Å². The lowest BCUT2D eigenvalue weighted by Gasteiger charge is -2.19. The zero-order valence-corrected chi connectivity index (χ0v) is 14.2. The van der Waals surface area contributed by atoms with E-state index in [0.29, 0.717) is 6.42 Å². The summed E-state index contributed by atoms with van der Waals surface area (Å²) in [5.41, 5.74) is 9.28. The molecular weight excluding hydrogens is 316 g/mol. The smallest absolute Gasteiger partial charge is 0.240 e. The van der Waals surface area contributed by atoms with Crippen LogP contribution in [0, 0.1) is 5.92 Å². The van der Waals surface area contributed by atoms with Crippen molar-refractivity contribution < 1.29 is 9.53 Å². The van der Waals surface area contributed by atoms with E-state index in [0.717, 1.165) is 28.3 Å². The summed E-state index contributed by atoms with van der Waals surface area (Å²) in [6, 6.07) is 15.5. The Kier molecular flexibility index (Phi) is 5.09. The van der Waals surface area contributed by atoms with Crippen LogP contribution in [-0.2, 0) is 4.79 Å². The molecule has 25 heavy (non-hydrogen) atoms. The minimum atomic E-state index is -0.0394. The highest BCUT2D eigenvalue weighted by Crippen LogP contribution is 2.18. The quantitative estimate of drug-likeness (QED) is 0.651. The van der Waals surface area contributed by atoms with Crippen LogP contribution < -0.4 is 15.6 Å². The van der Waals surface area contributed by atoms with Crippen molar-refractivity contribution in [2.24, 2.45) is 16.1 Å². The fourth-order valence-electron chi connectivity index (χ4n) is 2.59. The highest BCUT2D eigenvalue weighted by molar-refractivity contribution is 6.05. The third kappa shape index (κ3) is 4.23. The van der Waals surface area contributed by atoms with Gasteiger partial charge in [0.25, 0.3) is 0 Å². The van der Waals surface area contributed by atoms with Crippen molar-refractivity contribution in [2.75, 3.05) is 12.5 Å². The lowest BCUT2D eigenvalue weighted by molar-refractivity contribution is -0.121. The number of benzene rings is 2. The van der Waals surface area contributed by atoms with Crippen molar-refractivity contribution in [1.82, 2.24) is 5.43 Å². The molecule has 1 aliphatic rings. The van der Waals surface area contributed by atoms with Crippen LogP contribution in [0.2, 0.25) is 0 Å². The predicted molar refractivity (Wildman–Crippen MR) is 99.1 cm³/mol. The molecule has 0 saturated carbocycles. The number of carbonyl (C=O) groups is 1. The minimum Gasteiger partial charge on any atom is -0.497 e. The number of hydrogen-bond donors (Lipinski definition) is 2. The first-order valence-corrected chi connectivity index (χ1v) is 8.05. The molecule has 0 aliphatic carbocycles. The SMILES string of the molecule is COc1ccc(C=NNc2ccc(C3=NNC(=O)CC3C)cc2)cc1. The van der Waals surface area contributed by atoms with Crippen LogP contribution in [0.5, 0.6) is 5.75 Å². The molecule has 3 rings (SSSR count). The molecule has 6 heteroatoms. The van der Waals surface area contributed by atoms with Gasteiger partial charge in [-0.15, -0.1) is 0 Å². The minimum absolute atomic E-state index is 0.0394. The molecule has 0 spiro atoms. The van der Waals surface area contributed by atoms with Gasteiger partial charge >= 0.3 is 0 Å². The standard InChI is InChI=1S/C19H20N4O2/c1-13-11-18(24)22-23-19(13)15-5-7-16(8-6-15)21-20-12-14-3-9-17(25-2)10-4-14/h3-10,12-13,21H,11H2,1-2H3,(H,22,24). The fraction of sp³-hybridized carbons (Fsp3) is 0.211. The van der Waals surface area contributed by atoms with Gasteiger partial charge in [-0.05, 0) is 47.5 Å². The summed E-state index contributed by atoms with van der Waals surface area (Å²) < 4.78 is 5.12. The number of carbonyl (C=O) groups excluding carboxylic acids is 1. The summed E-state index contributed by atoms with van der Waals surface area (Å²) in [6.45, 7) is 2.00. The zero-order chi connectivity index (χ0) is 17.6. The monoisotopic (exact) mass is 336 g/mol. The van der Waals surface area contributed by atoms with Crippen molar-refractivity contribution in [1.29, 1.82) is 0 Å². The van der Waals surface area contributed by atoms with Gasteiger partial charge in [0.15, 0.2) is 0 Å². The third-order valence-electron chi connectivity index (χ3n) is 3.96. The Morgan fingerprint density at radius 2 is 1.92 bits per heavy atom. The Morgan fingerprint density at radius 1 is 1.20 bits per heavy atom. The second kappa shape index (κ2) is 7.61. The molecule has 2 N–H and O–H groups in total. The molecule has 0 fully saturated rings. The fourth-order valence-corrected chi connectivity index (χ4v) is 2.59. The summed E-state index contributed by atoms with van der Waals surface area (Å²) in [4.78, 5) is 11.3. The van der Waals surface area contributed by atoms with Gasteiger partial charge in [-0.25, -0.2) is 5.43 Å². The van der Waals surface area contributed by atoms with E-state index in [1.165, 1.54) is 0 Å². The van der Waals surface area contributed by atoms with E-state index in [-0.39, 0.29) is 11.8 Å². The highest BCUT2D eigenvalue weighted by Gasteiger charge is 2.21. The maximum atomic E-state index is 11.3. The van der Waals surface area contributed by atoms with Gasteiger partial charge in [0, 0.05) is 12.3 Å². The summed E-state index contributed by atoms with van der Waals surface area (Å²) in [7, 11) is 1.64. The van der Waals surface area contributed by atoms with E-state index < -0.39 is 0 Å². The topological polar surface area (TPSA) is 75.1 Å². The largest absolute Gasteiger partial charge is 0.497 e. The number of nitrogens with one attached hydrogen (secondary N) is 2. The molecule has 1 aliphatic heterocycles. The van der Waals surface area contributed by atoms with Crippen molar-refractivity contribution in [3.8, 4) is 5.75 Å². The van der Waals surface area contributed by atoms with Gasteiger partial charge in [-0.3, -0.25) is 10.2 Å². The molecule has 1 amide bonds. The summed E-state index contributed by atoms with van der Waals surface area (Å²) in [5, 5.41) is 8.40. The molecular formula is C19H20N4O2. The number of hydrazone groups is 2. The molecule has 0 bridgehead atoms. The Hall–Kier alpha value is -3.15. The Balaban J connectivity index is 1.62. The molecule has 1 heterocycles. The van der Waals surface area contributed by atoms with E-state index in [4.69, 9.17) is 4.74 Å². The lowest BCUT2D eigenvalue weighted by Crippen LogP contribution is -2.31. The zero-order valence-electron chi connectivity index (χ0n) is 14.2. The molecule has 6 nitrogen and oxygen atoms in total. The average molecular weight is 336 g/mol. The third-order valence-corrected chi connectivity index (χ3v) is 3.96. The van der Waals surface area contributed by atoms with Crippen LogP contribution in [0.1, 0.15) is 24.5 Å². The maximum Gasteiger partial charge on any atom is 0.240 e. The second-order valence-electron chi connectivity index (χ2n) is 5.86. The van der Waals surface area contributed by atoms with Crippen molar-refractivity contribution in [2.45, 2.75) is 13.3 Å². The number of ether oxygens (including phenoxy) is 1. The Morgan fingerprint density at radius 3 is 2.56 bits per heavy atom. The first-order chi connectivity index (χ1) is 12.2. The van der Waals surface area contributed by atoms with Crippen molar-refractivity contribution in [3.05, 3.63) is 59.7 Å². The van der Waals surface area contributed by atoms with Gasteiger partial charge in [0.2, 0.25) is 5.91 Å². The normalized spacial score (nSPS) is 17.1. The summed E-state index contributed by atoms with van der Waals surface area (Å²) in [5.74, 6) is 0.889. The molecule has 2 aromatic rings. The van der Waals surface area contributed by atoms with Gasteiger partial charge in [0.1, 0.15) is 5.75 Å². The van der Waals surface area contributed by atoms with Crippen LogP contribution in [0.15, 0.2) is 58.7 Å². The van der Waals surface area contributed by atoms with Crippen LogP contribution in [0.3, 0.4) is 0 Å². The number of nitrogens with zero attached hydrogens (tertiary/aromatic N) is 2. The molecule has 128 valence electrons. The second-order valence-corrected chi connectivity index (χ2v) is 5.86. The molecule has 2 aromatic carbocycles. The lowest BCUT2D eigenvalue weighted by atomic mass is 9.94. The van der Waals surface area contributed by atoms with Crippen molar-refractivity contribution >= 4 is 23.5 Å². The first kappa shape index (κ1) is 16.7. The maximum absolute atomic E-state index is 11.3. The van der Waals surface area contributed by atoms with Crippen molar-refractivity contribution in [3.63, 3.8) is 0 Å². The number of methoxy groups -OCH3 is 1. The molecule has 1 unspecified atom stereocenters. The number of anilines is 1. The van der Waals surface area contributed by atoms with E-state index in [2.05, 4.69) is 21.1 Å². The van der Waals surface area contributed by atoms with Crippen LogP contribution in [0.4, 0.5) is 5.69 Å². The van der Waals surface area contributed by atoms with Gasteiger partial charge in [-0.1, -0.05) is 19.1 Å². The number of hydrogen-bond acceptors (Lipinski definition) is 5. The Bertz CT molecular complexity index is 795. The van der Waals surface area contributed by atoms with Gasteiger partial charge < -0.3 is 4.74 Å².